The number of piperazine rings is 1. The van der Waals surface area contributed by atoms with Gasteiger partial charge in [0.05, 0.1) is 6.10 Å². The summed E-state index contributed by atoms with van der Waals surface area (Å²) < 4.78 is 0. The van der Waals surface area contributed by atoms with Gasteiger partial charge in [-0.15, -0.1) is 0 Å². The fourth-order valence-corrected chi connectivity index (χ4v) is 3.48. The van der Waals surface area contributed by atoms with E-state index in [0.29, 0.717) is 6.04 Å². The van der Waals surface area contributed by atoms with Crippen LogP contribution in [0.1, 0.15) is 35.3 Å². The maximum Gasteiger partial charge on any atom is 0.0922 e. The van der Waals surface area contributed by atoms with Gasteiger partial charge in [0.1, 0.15) is 0 Å². The van der Waals surface area contributed by atoms with Crippen molar-refractivity contribution in [3.8, 4) is 0 Å². The second-order valence-electron chi connectivity index (χ2n) is 6.43. The first kappa shape index (κ1) is 15.5. The van der Waals surface area contributed by atoms with E-state index < -0.39 is 0 Å². The Morgan fingerprint density at radius 3 is 2.35 bits per heavy atom. The van der Waals surface area contributed by atoms with Gasteiger partial charge in [0.15, 0.2) is 0 Å². The number of hydrogen-bond acceptors (Lipinski definition) is 3. The minimum atomic E-state index is -0.388. The monoisotopic (exact) mass is 276 g/mol. The Kier molecular flexibility index (Phi) is 4.84. The minimum absolute atomic E-state index is 0.388. The molecule has 0 saturated carbocycles. The zero-order valence-electron chi connectivity index (χ0n) is 13.5. The molecule has 1 fully saturated rings. The first-order valence-electron chi connectivity index (χ1n) is 7.57. The molecule has 112 valence electrons. The molecule has 1 aromatic rings. The Morgan fingerprint density at radius 1 is 1.20 bits per heavy atom. The van der Waals surface area contributed by atoms with Crippen molar-refractivity contribution >= 4 is 0 Å². The van der Waals surface area contributed by atoms with Crippen molar-refractivity contribution in [2.24, 2.45) is 0 Å². The lowest BCUT2D eigenvalue weighted by molar-refractivity contribution is 0.0469. The van der Waals surface area contributed by atoms with E-state index in [0.717, 1.165) is 31.7 Å². The second kappa shape index (κ2) is 6.25. The van der Waals surface area contributed by atoms with Crippen molar-refractivity contribution in [1.29, 1.82) is 0 Å². The van der Waals surface area contributed by atoms with Crippen LogP contribution in [0.25, 0.3) is 0 Å². The summed E-state index contributed by atoms with van der Waals surface area (Å²) in [6, 6.07) is 4.84. The molecule has 0 spiro atoms. The second-order valence-corrected chi connectivity index (χ2v) is 6.43. The van der Waals surface area contributed by atoms with E-state index >= 15 is 0 Å². The molecule has 3 nitrogen and oxygen atoms in total. The minimum Gasteiger partial charge on any atom is -0.387 e. The molecule has 1 saturated heterocycles. The molecule has 1 aliphatic rings. The fourth-order valence-electron chi connectivity index (χ4n) is 3.48. The van der Waals surface area contributed by atoms with Gasteiger partial charge in [-0.1, -0.05) is 17.7 Å². The molecular weight excluding hydrogens is 248 g/mol. The van der Waals surface area contributed by atoms with Gasteiger partial charge in [-0.2, -0.15) is 0 Å². The number of rotatable bonds is 3. The molecule has 2 unspecified atom stereocenters. The van der Waals surface area contributed by atoms with E-state index in [2.05, 4.69) is 56.7 Å². The van der Waals surface area contributed by atoms with Gasteiger partial charge in [-0.3, -0.25) is 4.90 Å². The average molecular weight is 276 g/mol. The zero-order valence-corrected chi connectivity index (χ0v) is 13.5. The first-order valence-corrected chi connectivity index (χ1v) is 7.57. The Morgan fingerprint density at radius 2 is 1.80 bits per heavy atom. The van der Waals surface area contributed by atoms with Gasteiger partial charge in [0, 0.05) is 32.2 Å². The van der Waals surface area contributed by atoms with E-state index in [1.54, 1.807) is 0 Å². The third-order valence-corrected chi connectivity index (χ3v) is 4.45. The molecule has 0 radical (unpaired) electrons. The molecular formula is C17H28N2O. The van der Waals surface area contributed by atoms with Crippen LogP contribution in [0.3, 0.4) is 0 Å². The highest BCUT2D eigenvalue weighted by Gasteiger charge is 2.25. The number of likely N-dealkylation sites (N-methyl/N-ethyl adjacent to an activating group) is 1. The summed E-state index contributed by atoms with van der Waals surface area (Å²) in [5, 5.41) is 10.7. The summed E-state index contributed by atoms with van der Waals surface area (Å²) in [6.45, 7) is 12.5. The number of nitrogens with zero attached hydrogens (tertiary/aromatic N) is 2. The molecule has 0 amide bonds. The van der Waals surface area contributed by atoms with Crippen LogP contribution in [0.5, 0.6) is 0 Å². The van der Waals surface area contributed by atoms with Gasteiger partial charge >= 0.3 is 0 Å². The normalized spacial score (nSPS) is 23.0. The fraction of sp³-hybridized carbons (Fsp3) is 0.647. The zero-order chi connectivity index (χ0) is 14.9. The summed E-state index contributed by atoms with van der Waals surface area (Å²) in [7, 11) is 2.17. The molecule has 0 aliphatic carbocycles. The van der Waals surface area contributed by atoms with Crippen LogP contribution in [-0.2, 0) is 0 Å². The molecule has 1 aromatic carbocycles. The molecule has 3 heteroatoms. The maximum absolute atomic E-state index is 10.7. The Labute approximate surface area is 123 Å². The van der Waals surface area contributed by atoms with Crippen molar-refractivity contribution < 1.29 is 5.11 Å². The van der Waals surface area contributed by atoms with E-state index in [1.165, 1.54) is 16.7 Å². The standard InChI is InChI=1S/C17H28N2O/c1-12-8-13(2)17(14(3)9-12)16(20)11-19-7-6-18(5)10-15(19)4/h8-9,15-16,20H,6-7,10-11H2,1-5H3. The van der Waals surface area contributed by atoms with Crippen molar-refractivity contribution in [1.82, 2.24) is 9.80 Å². The van der Waals surface area contributed by atoms with Crippen LogP contribution >= 0.6 is 0 Å². The molecule has 2 rings (SSSR count). The van der Waals surface area contributed by atoms with Crippen LogP contribution in [0.2, 0.25) is 0 Å². The van der Waals surface area contributed by atoms with Crippen molar-refractivity contribution in [3.05, 3.63) is 34.4 Å². The van der Waals surface area contributed by atoms with Gasteiger partial charge < -0.3 is 10.0 Å². The third-order valence-electron chi connectivity index (χ3n) is 4.45. The Balaban J connectivity index is 2.10. The molecule has 0 bridgehead atoms. The Bertz CT molecular complexity index is 449. The summed E-state index contributed by atoms with van der Waals surface area (Å²) in [5.74, 6) is 0. The predicted octanol–water partition coefficient (Wildman–Crippen LogP) is 2.28. The largest absolute Gasteiger partial charge is 0.387 e. The first-order chi connectivity index (χ1) is 9.38. The van der Waals surface area contributed by atoms with Gasteiger partial charge in [0.25, 0.3) is 0 Å². The number of aliphatic hydroxyl groups is 1. The van der Waals surface area contributed by atoms with Gasteiger partial charge in [0.2, 0.25) is 0 Å². The lowest BCUT2D eigenvalue weighted by atomic mass is 9.95. The van der Waals surface area contributed by atoms with Crippen molar-refractivity contribution in [2.75, 3.05) is 33.2 Å². The lowest BCUT2D eigenvalue weighted by Gasteiger charge is -2.39. The van der Waals surface area contributed by atoms with E-state index in [4.69, 9.17) is 0 Å². The highest BCUT2D eigenvalue weighted by atomic mass is 16.3. The predicted molar refractivity (Wildman–Crippen MR) is 84.1 cm³/mol. The molecule has 20 heavy (non-hydrogen) atoms. The molecule has 0 aromatic heterocycles. The topological polar surface area (TPSA) is 26.7 Å². The molecule has 1 heterocycles. The maximum atomic E-state index is 10.7. The van der Waals surface area contributed by atoms with Crippen LogP contribution in [0.15, 0.2) is 12.1 Å². The van der Waals surface area contributed by atoms with Crippen LogP contribution in [-0.4, -0.2) is 54.2 Å². The van der Waals surface area contributed by atoms with Crippen LogP contribution in [0.4, 0.5) is 0 Å². The summed E-state index contributed by atoms with van der Waals surface area (Å²) >= 11 is 0. The number of β-amino-alcohol motifs (C(OH)–C–C–N with tert-alkyl or cyclic N) is 1. The summed E-state index contributed by atoms with van der Waals surface area (Å²) in [6.07, 6.45) is -0.388. The van der Waals surface area contributed by atoms with Crippen molar-refractivity contribution in [2.45, 2.75) is 39.8 Å². The highest BCUT2D eigenvalue weighted by Crippen LogP contribution is 2.25. The number of hydrogen-bond donors (Lipinski definition) is 1. The van der Waals surface area contributed by atoms with Crippen LogP contribution < -0.4 is 0 Å². The Hall–Kier alpha value is -0.900. The van der Waals surface area contributed by atoms with Crippen molar-refractivity contribution in [3.63, 3.8) is 0 Å². The van der Waals surface area contributed by atoms with Crippen LogP contribution in [0, 0.1) is 20.8 Å². The van der Waals surface area contributed by atoms with E-state index in [9.17, 15) is 5.11 Å². The van der Waals surface area contributed by atoms with E-state index in [-0.39, 0.29) is 6.10 Å². The number of aliphatic hydroxyl groups excluding tert-OH is 1. The summed E-state index contributed by atoms with van der Waals surface area (Å²) in [4.78, 5) is 4.76. The number of aryl methyl sites for hydroxylation is 3. The third kappa shape index (κ3) is 3.40. The molecule has 2 atom stereocenters. The van der Waals surface area contributed by atoms with Gasteiger partial charge in [-0.25, -0.2) is 0 Å². The van der Waals surface area contributed by atoms with E-state index in [1.807, 2.05) is 0 Å². The lowest BCUT2D eigenvalue weighted by Crippen LogP contribution is -2.51. The SMILES string of the molecule is Cc1cc(C)c(C(O)CN2CCN(C)CC2C)c(C)c1. The number of benzene rings is 1. The highest BCUT2D eigenvalue weighted by molar-refractivity contribution is 5.39. The quantitative estimate of drug-likeness (QED) is 0.917. The smallest absolute Gasteiger partial charge is 0.0922 e. The van der Waals surface area contributed by atoms with Gasteiger partial charge in [-0.05, 0) is 51.4 Å². The molecule has 1 aliphatic heterocycles. The molecule has 1 N–H and O–H groups in total. The summed E-state index contributed by atoms with van der Waals surface area (Å²) in [5.41, 5.74) is 4.79. The average Bonchev–Trinajstić information content (AvgIpc) is 2.31.